The predicted octanol–water partition coefficient (Wildman–Crippen LogP) is 2.97. The third-order valence-electron chi connectivity index (χ3n) is 3.40. The summed E-state index contributed by atoms with van der Waals surface area (Å²) in [4.78, 5) is 2.29. The quantitative estimate of drug-likeness (QED) is 0.925. The van der Waals surface area contributed by atoms with E-state index in [1.807, 2.05) is 18.2 Å². The Bertz CT molecular complexity index is 428. The third-order valence-corrected chi connectivity index (χ3v) is 4.13. The first-order valence-corrected chi connectivity index (χ1v) is 7.36. The second-order valence-corrected chi connectivity index (χ2v) is 5.69. The summed E-state index contributed by atoms with van der Waals surface area (Å²) in [7, 11) is 2.12. The fourth-order valence-electron chi connectivity index (χ4n) is 2.40. The number of ether oxygens (including phenoxy) is 1. The van der Waals surface area contributed by atoms with Crippen molar-refractivity contribution >= 4 is 23.2 Å². The van der Waals surface area contributed by atoms with Gasteiger partial charge in [0.1, 0.15) is 0 Å². The molecule has 2 unspecified atom stereocenters. The van der Waals surface area contributed by atoms with Crippen molar-refractivity contribution in [2.24, 2.45) is 0 Å². The molecule has 1 aliphatic heterocycles. The van der Waals surface area contributed by atoms with Crippen LogP contribution in [-0.4, -0.2) is 44.3 Å². The highest BCUT2D eigenvalue weighted by atomic mass is 35.5. The first-order chi connectivity index (χ1) is 9.11. The maximum atomic E-state index is 6.11. The first-order valence-electron chi connectivity index (χ1n) is 6.60. The van der Waals surface area contributed by atoms with Crippen LogP contribution in [0.5, 0.6) is 0 Å². The maximum Gasteiger partial charge on any atom is 0.0896 e. The molecule has 1 aromatic carbocycles. The molecular weight excluding hydrogens is 283 g/mol. The van der Waals surface area contributed by atoms with Gasteiger partial charge in [-0.1, -0.05) is 36.2 Å². The highest BCUT2D eigenvalue weighted by Crippen LogP contribution is 2.28. The highest BCUT2D eigenvalue weighted by molar-refractivity contribution is 6.42. The van der Waals surface area contributed by atoms with E-state index in [1.165, 1.54) is 0 Å². The Morgan fingerprint density at radius 1 is 1.42 bits per heavy atom. The molecule has 0 aromatic heterocycles. The molecule has 0 spiro atoms. The SMILES string of the molecule is CCNC(c1ccc(Cl)c(Cl)c1)C1CN(C)CCO1. The van der Waals surface area contributed by atoms with Crippen molar-refractivity contribution in [2.75, 3.05) is 33.3 Å². The van der Waals surface area contributed by atoms with Crippen molar-refractivity contribution in [3.05, 3.63) is 33.8 Å². The largest absolute Gasteiger partial charge is 0.374 e. The van der Waals surface area contributed by atoms with Crippen molar-refractivity contribution in [3.63, 3.8) is 0 Å². The summed E-state index contributed by atoms with van der Waals surface area (Å²) in [5, 5.41) is 4.66. The molecule has 1 heterocycles. The van der Waals surface area contributed by atoms with Gasteiger partial charge in [-0.15, -0.1) is 0 Å². The molecule has 1 saturated heterocycles. The molecule has 0 aliphatic carbocycles. The van der Waals surface area contributed by atoms with Crippen LogP contribution in [0.3, 0.4) is 0 Å². The molecule has 5 heteroatoms. The first kappa shape index (κ1) is 15.1. The van der Waals surface area contributed by atoms with Gasteiger partial charge in [0, 0.05) is 13.1 Å². The number of hydrogen-bond donors (Lipinski definition) is 1. The molecular formula is C14H20Cl2N2O. The summed E-state index contributed by atoms with van der Waals surface area (Å²) in [6.07, 6.45) is 0.135. The Morgan fingerprint density at radius 2 is 2.21 bits per heavy atom. The van der Waals surface area contributed by atoms with Crippen molar-refractivity contribution in [3.8, 4) is 0 Å². The maximum absolute atomic E-state index is 6.11. The minimum Gasteiger partial charge on any atom is -0.374 e. The summed E-state index contributed by atoms with van der Waals surface area (Å²) in [6.45, 7) is 5.64. The summed E-state index contributed by atoms with van der Waals surface area (Å²) in [5.41, 5.74) is 1.12. The van der Waals surface area contributed by atoms with E-state index < -0.39 is 0 Å². The van der Waals surface area contributed by atoms with Crippen LogP contribution in [0.1, 0.15) is 18.5 Å². The van der Waals surface area contributed by atoms with Crippen molar-refractivity contribution in [1.82, 2.24) is 10.2 Å². The van der Waals surface area contributed by atoms with Crippen LogP contribution in [0.4, 0.5) is 0 Å². The van der Waals surface area contributed by atoms with E-state index >= 15 is 0 Å². The van der Waals surface area contributed by atoms with Crippen molar-refractivity contribution < 1.29 is 4.74 Å². The predicted molar refractivity (Wildman–Crippen MR) is 80.1 cm³/mol. The standard InChI is InChI=1S/C14H20Cl2N2O/c1-3-17-14(13-9-18(2)6-7-19-13)10-4-5-11(15)12(16)8-10/h4-5,8,13-14,17H,3,6-7,9H2,1-2H3. The smallest absolute Gasteiger partial charge is 0.0896 e. The molecule has 0 amide bonds. The van der Waals surface area contributed by atoms with E-state index in [0.29, 0.717) is 10.0 Å². The second kappa shape index (κ2) is 6.91. The minimum atomic E-state index is 0.135. The second-order valence-electron chi connectivity index (χ2n) is 4.88. The monoisotopic (exact) mass is 302 g/mol. The van der Waals surface area contributed by atoms with Crippen LogP contribution < -0.4 is 5.32 Å². The molecule has 1 N–H and O–H groups in total. The average Bonchev–Trinajstić information content (AvgIpc) is 2.39. The lowest BCUT2D eigenvalue weighted by molar-refractivity contribution is -0.0390. The molecule has 1 aliphatic rings. The lowest BCUT2D eigenvalue weighted by atomic mass is 10.00. The van der Waals surface area contributed by atoms with Crippen molar-refractivity contribution in [2.45, 2.75) is 19.1 Å². The van der Waals surface area contributed by atoms with Crippen LogP contribution in [0, 0.1) is 0 Å². The molecule has 1 fully saturated rings. The van der Waals surface area contributed by atoms with Gasteiger partial charge in [-0.05, 0) is 31.3 Å². The van der Waals surface area contributed by atoms with Gasteiger partial charge < -0.3 is 15.0 Å². The third kappa shape index (κ3) is 3.83. The molecule has 1 aromatic rings. The van der Waals surface area contributed by atoms with Gasteiger partial charge in [-0.2, -0.15) is 0 Å². The number of halogens is 2. The van der Waals surface area contributed by atoms with Crippen LogP contribution >= 0.6 is 23.2 Å². The number of likely N-dealkylation sites (N-methyl/N-ethyl adjacent to an activating group) is 2. The minimum absolute atomic E-state index is 0.135. The Kier molecular flexibility index (Phi) is 5.48. The van der Waals surface area contributed by atoms with Gasteiger partial charge in [0.15, 0.2) is 0 Å². The Morgan fingerprint density at radius 3 is 2.84 bits per heavy atom. The normalized spacial score (nSPS) is 22.4. The number of benzene rings is 1. The van der Waals surface area contributed by atoms with Crippen LogP contribution in [0.2, 0.25) is 10.0 Å². The zero-order valence-corrected chi connectivity index (χ0v) is 12.8. The van der Waals surface area contributed by atoms with E-state index in [2.05, 4.69) is 24.2 Å². The lowest BCUT2D eigenvalue weighted by Crippen LogP contribution is -2.46. The summed E-state index contributed by atoms with van der Waals surface area (Å²) in [5.74, 6) is 0. The van der Waals surface area contributed by atoms with E-state index in [0.717, 1.165) is 31.8 Å². The number of hydrogen-bond acceptors (Lipinski definition) is 3. The summed E-state index contributed by atoms with van der Waals surface area (Å²) >= 11 is 12.1. The van der Waals surface area contributed by atoms with E-state index in [-0.39, 0.29) is 12.1 Å². The van der Waals surface area contributed by atoms with Gasteiger partial charge in [-0.25, -0.2) is 0 Å². The van der Waals surface area contributed by atoms with E-state index in [4.69, 9.17) is 27.9 Å². The molecule has 19 heavy (non-hydrogen) atoms. The highest BCUT2D eigenvalue weighted by Gasteiger charge is 2.27. The van der Waals surface area contributed by atoms with Gasteiger partial charge in [0.2, 0.25) is 0 Å². The molecule has 0 radical (unpaired) electrons. The lowest BCUT2D eigenvalue weighted by Gasteiger charge is -2.35. The Hall–Kier alpha value is -0.320. The molecule has 2 rings (SSSR count). The summed E-state index contributed by atoms with van der Waals surface area (Å²) in [6, 6.07) is 5.92. The molecule has 106 valence electrons. The fraction of sp³-hybridized carbons (Fsp3) is 0.571. The van der Waals surface area contributed by atoms with Gasteiger partial charge in [-0.3, -0.25) is 0 Å². The van der Waals surface area contributed by atoms with Crippen LogP contribution in [0.15, 0.2) is 18.2 Å². The number of nitrogens with zero attached hydrogens (tertiary/aromatic N) is 1. The number of nitrogens with one attached hydrogen (secondary N) is 1. The van der Waals surface area contributed by atoms with Gasteiger partial charge >= 0.3 is 0 Å². The number of morpholine rings is 1. The Balaban J connectivity index is 2.20. The molecule has 2 atom stereocenters. The van der Waals surface area contributed by atoms with Gasteiger partial charge in [0.25, 0.3) is 0 Å². The molecule has 0 bridgehead atoms. The van der Waals surface area contributed by atoms with Gasteiger partial charge in [0.05, 0.1) is 28.8 Å². The van der Waals surface area contributed by atoms with Crippen LogP contribution in [0.25, 0.3) is 0 Å². The number of rotatable bonds is 4. The van der Waals surface area contributed by atoms with Crippen molar-refractivity contribution in [1.29, 1.82) is 0 Å². The zero-order valence-electron chi connectivity index (χ0n) is 11.3. The van der Waals surface area contributed by atoms with Crippen LogP contribution in [-0.2, 0) is 4.74 Å². The fourth-order valence-corrected chi connectivity index (χ4v) is 2.71. The molecule has 3 nitrogen and oxygen atoms in total. The van der Waals surface area contributed by atoms with E-state index in [1.54, 1.807) is 0 Å². The molecule has 0 saturated carbocycles. The Labute approximate surface area is 124 Å². The van der Waals surface area contributed by atoms with E-state index in [9.17, 15) is 0 Å². The zero-order chi connectivity index (χ0) is 13.8. The average molecular weight is 303 g/mol. The summed E-state index contributed by atoms with van der Waals surface area (Å²) < 4.78 is 5.91. The topological polar surface area (TPSA) is 24.5 Å².